The van der Waals surface area contributed by atoms with E-state index >= 15 is 0 Å². The summed E-state index contributed by atoms with van der Waals surface area (Å²) in [5.74, 6) is 0. The number of piperazine rings is 1. The topological polar surface area (TPSA) is 18.5 Å². The Morgan fingerprint density at radius 1 is 1.17 bits per heavy atom. The summed E-state index contributed by atoms with van der Waals surface area (Å²) in [6, 6.07) is 6.71. The van der Waals surface area contributed by atoms with Gasteiger partial charge in [0.15, 0.2) is 0 Å². The molecule has 1 fully saturated rings. The third-order valence-corrected chi connectivity index (χ3v) is 4.23. The lowest BCUT2D eigenvalue weighted by Crippen LogP contribution is -2.46. The molecule has 0 radical (unpaired) electrons. The van der Waals surface area contributed by atoms with Crippen molar-refractivity contribution in [1.82, 2.24) is 4.90 Å². The highest BCUT2D eigenvalue weighted by molar-refractivity contribution is 5.68. The van der Waals surface area contributed by atoms with E-state index in [2.05, 4.69) is 40.2 Å². The number of anilines is 2. The molecular weight excluding hydrogens is 222 g/mol. The molecule has 2 aliphatic rings. The van der Waals surface area contributed by atoms with Crippen LogP contribution < -0.4 is 10.2 Å². The second-order valence-electron chi connectivity index (χ2n) is 5.25. The first-order chi connectivity index (χ1) is 8.88. The quantitative estimate of drug-likeness (QED) is 0.861. The van der Waals surface area contributed by atoms with Crippen molar-refractivity contribution in [3.63, 3.8) is 0 Å². The van der Waals surface area contributed by atoms with Gasteiger partial charge in [-0.05, 0) is 37.1 Å². The van der Waals surface area contributed by atoms with Crippen molar-refractivity contribution in [2.24, 2.45) is 0 Å². The van der Waals surface area contributed by atoms with E-state index in [1.54, 1.807) is 0 Å². The molecule has 0 aliphatic carbocycles. The molecule has 3 heteroatoms. The van der Waals surface area contributed by atoms with Crippen LogP contribution in [0.25, 0.3) is 0 Å². The molecule has 0 atom stereocenters. The summed E-state index contributed by atoms with van der Waals surface area (Å²) >= 11 is 0. The number of benzene rings is 1. The van der Waals surface area contributed by atoms with Crippen molar-refractivity contribution >= 4 is 11.4 Å². The molecule has 1 aromatic rings. The molecule has 0 unspecified atom stereocenters. The predicted octanol–water partition coefficient (Wildman–Crippen LogP) is 2.19. The normalized spacial score (nSPS) is 20.4. The third kappa shape index (κ3) is 2.19. The fraction of sp³-hybridized carbons (Fsp3) is 0.600. The molecular formula is C15H23N3. The fourth-order valence-electron chi connectivity index (χ4n) is 3.09. The van der Waals surface area contributed by atoms with Gasteiger partial charge >= 0.3 is 0 Å². The molecule has 3 nitrogen and oxygen atoms in total. The molecule has 2 heterocycles. The summed E-state index contributed by atoms with van der Waals surface area (Å²) in [5.41, 5.74) is 4.36. The highest BCUT2D eigenvalue weighted by atomic mass is 15.3. The molecule has 98 valence electrons. The Labute approximate surface area is 110 Å². The summed E-state index contributed by atoms with van der Waals surface area (Å²) in [6.07, 6.45) is 2.49. The summed E-state index contributed by atoms with van der Waals surface area (Å²) in [4.78, 5) is 5.10. The standard InChI is InChI=1S/C15H23N3/c1-2-17-9-11-18(12-10-17)15-7-3-6-14-13(15)5-4-8-16-14/h3,6-7,16H,2,4-5,8-12H2,1H3. The lowest BCUT2D eigenvalue weighted by molar-refractivity contribution is 0.271. The number of likely N-dealkylation sites (N-methyl/N-ethyl adjacent to an activating group) is 1. The lowest BCUT2D eigenvalue weighted by atomic mass is 10.0. The van der Waals surface area contributed by atoms with Crippen LogP contribution in [0, 0.1) is 0 Å². The zero-order valence-electron chi connectivity index (χ0n) is 11.3. The van der Waals surface area contributed by atoms with Gasteiger partial charge < -0.3 is 15.1 Å². The SMILES string of the molecule is CCN1CCN(c2cccc3c2CCCN3)CC1. The third-order valence-electron chi connectivity index (χ3n) is 4.23. The van der Waals surface area contributed by atoms with Gasteiger partial charge in [-0.15, -0.1) is 0 Å². The van der Waals surface area contributed by atoms with E-state index in [1.165, 1.54) is 62.5 Å². The van der Waals surface area contributed by atoms with Crippen molar-refractivity contribution in [2.45, 2.75) is 19.8 Å². The highest BCUT2D eigenvalue weighted by Gasteiger charge is 2.20. The Balaban J connectivity index is 1.80. The molecule has 0 spiro atoms. The van der Waals surface area contributed by atoms with Crippen molar-refractivity contribution in [2.75, 3.05) is 49.5 Å². The summed E-state index contributed by atoms with van der Waals surface area (Å²) in [5, 5.41) is 3.52. The Bertz CT molecular complexity index is 408. The van der Waals surface area contributed by atoms with E-state index < -0.39 is 0 Å². The first-order valence-corrected chi connectivity index (χ1v) is 7.21. The van der Waals surface area contributed by atoms with E-state index in [9.17, 15) is 0 Å². The average molecular weight is 245 g/mol. The molecule has 0 saturated carbocycles. The van der Waals surface area contributed by atoms with Crippen LogP contribution in [-0.4, -0.2) is 44.2 Å². The first-order valence-electron chi connectivity index (χ1n) is 7.21. The van der Waals surface area contributed by atoms with Gasteiger partial charge in [0.05, 0.1) is 0 Å². The van der Waals surface area contributed by atoms with Gasteiger partial charge in [-0.3, -0.25) is 0 Å². The second-order valence-corrected chi connectivity index (χ2v) is 5.25. The van der Waals surface area contributed by atoms with Crippen molar-refractivity contribution in [3.05, 3.63) is 23.8 Å². The second kappa shape index (κ2) is 5.19. The molecule has 0 aromatic heterocycles. The van der Waals surface area contributed by atoms with E-state index in [-0.39, 0.29) is 0 Å². The van der Waals surface area contributed by atoms with Crippen molar-refractivity contribution in [3.8, 4) is 0 Å². The minimum atomic E-state index is 1.13. The Morgan fingerprint density at radius 2 is 2.00 bits per heavy atom. The average Bonchev–Trinajstić information content (AvgIpc) is 2.47. The van der Waals surface area contributed by atoms with Crippen LogP contribution in [0.4, 0.5) is 11.4 Å². The Hall–Kier alpha value is -1.22. The molecule has 0 bridgehead atoms. The number of fused-ring (bicyclic) bond motifs is 1. The maximum absolute atomic E-state index is 3.52. The number of nitrogens with one attached hydrogen (secondary N) is 1. The van der Waals surface area contributed by atoms with Gasteiger partial charge in [0.2, 0.25) is 0 Å². The monoisotopic (exact) mass is 245 g/mol. The number of nitrogens with zero attached hydrogens (tertiary/aromatic N) is 2. The van der Waals surface area contributed by atoms with Crippen LogP contribution >= 0.6 is 0 Å². The number of rotatable bonds is 2. The molecule has 1 N–H and O–H groups in total. The lowest BCUT2D eigenvalue weighted by Gasteiger charge is -2.37. The van der Waals surface area contributed by atoms with Crippen LogP contribution in [0.2, 0.25) is 0 Å². The first kappa shape index (κ1) is 11.8. The largest absolute Gasteiger partial charge is 0.385 e. The highest BCUT2D eigenvalue weighted by Crippen LogP contribution is 2.31. The summed E-state index contributed by atoms with van der Waals surface area (Å²) in [7, 11) is 0. The molecule has 2 aliphatic heterocycles. The minimum absolute atomic E-state index is 1.13. The van der Waals surface area contributed by atoms with Gasteiger partial charge in [0.25, 0.3) is 0 Å². The summed E-state index contributed by atoms with van der Waals surface area (Å²) < 4.78 is 0. The number of hydrogen-bond acceptors (Lipinski definition) is 3. The van der Waals surface area contributed by atoms with E-state index in [0.29, 0.717) is 0 Å². The molecule has 18 heavy (non-hydrogen) atoms. The smallest absolute Gasteiger partial charge is 0.0420 e. The van der Waals surface area contributed by atoms with Gasteiger partial charge in [-0.1, -0.05) is 13.0 Å². The van der Waals surface area contributed by atoms with E-state index in [0.717, 1.165) is 6.54 Å². The van der Waals surface area contributed by atoms with Gasteiger partial charge in [-0.25, -0.2) is 0 Å². The van der Waals surface area contributed by atoms with Crippen LogP contribution in [0.15, 0.2) is 18.2 Å². The number of hydrogen-bond donors (Lipinski definition) is 1. The predicted molar refractivity (Wildman–Crippen MR) is 77.6 cm³/mol. The maximum atomic E-state index is 3.52. The maximum Gasteiger partial charge on any atom is 0.0420 e. The minimum Gasteiger partial charge on any atom is -0.385 e. The molecule has 0 amide bonds. The van der Waals surface area contributed by atoms with Crippen molar-refractivity contribution < 1.29 is 0 Å². The van der Waals surface area contributed by atoms with E-state index in [1.807, 2.05) is 0 Å². The van der Waals surface area contributed by atoms with Gasteiger partial charge in [-0.2, -0.15) is 0 Å². The Morgan fingerprint density at radius 3 is 2.78 bits per heavy atom. The molecule has 1 aromatic carbocycles. The van der Waals surface area contributed by atoms with Gasteiger partial charge in [0, 0.05) is 44.1 Å². The van der Waals surface area contributed by atoms with E-state index in [4.69, 9.17) is 0 Å². The Kier molecular flexibility index (Phi) is 3.41. The summed E-state index contributed by atoms with van der Waals surface area (Å²) in [6.45, 7) is 9.31. The molecule has 1 saturated heterocycles. The zero-order chi connectivity index (χ0) is 12.4. The van der Waals surface area contributed by atoms with Crippen LogP contribution in [-0.2, 0) is 6.42 Å². The van der Waals surface area contributed by atoms with Gasteiger partial charge in [0.1, 0.15) is 0 Å². The zero-order valence-corrected chi connectivity index (χ0v) is 11.3. The van der Waals surface area contributed by atoms with Crippen LogP contribution in [0.5, 0.6) is 0 Å². The molecule has 3 rings (SSSR count). The van der Waals surface area contributed by atoms with Crippen LogP contribution in [0.3, 0.4) is 0 Å². The van der Waals surface area contributed by atoms with Crippen molar-refractivity contribution in [1.29, 1.82) is 0 Å². The van der Waals surface area contributed by atoms with Crippen LogP contribution in [0.1, 0.15) is 18.9 Å². The fourth-order valence-corrected chi connectivity index (χ4v) is 3.09.